The van der Waals surface area contributed by atoms with Crippen LogP contribution < -0.4 is 9.47 Å². The number of phenolic OH excluding ortho intramolecular Hbond substituents is 2. The van der Waals surface area contributed by atoms with Crippen LogP contribution in [0.4, 0.5) is 0 Å². The molecule has 0 aliphatic rings. The number of aryl methyl sites for hydroxylation is 2. The van der Waals surface area contributed by atoms with E-state index >= 15 is 0 Å². The summed E-state index contributed by atoms with van der Waals surface area (Å²) in [5.41, 5.74) is 17.8. The Morgan fingerprint density at radius 1 is 0.337 bits per heavy atom. The van der Waals surface area contributed by atoms with Gasteiger partial charge in [0.1, 0.15) is 0 Å². The van der Waals surface area contributed by atoms with E-state index in [2.05, 4.69) is 263 Å². The van der Waals surface area contributed by atoms with Gasteiger partial charge in [0.2, 0.25) is 0 Å². The molecule has 4 nitrogen and oxygen atoms in total. The van der Waals surface area contributed by atoms with Gasteiger partial charge in [-0.1, -0.05) is 39.5 Å². The Balaban J connectivity index is 0.00000736. The minimum Gasteiger partial charge on any atom is -0.358 e. The first kappa shape index (κ1) is 82.2. The van der Waals surface area contributed by atoms with E-state index in [4.69, 9.17) is 9.47 Å². The number of hydrogen-bond acceptors (Lipinski definition) is 4. The van der Waals surface area contributed by atoms with Crippen molar-refractivity contribution in [1.29, 1.82) is 0 Å². The summed E-state index contributed by atoms with van der Waals surface area (Å²) in [5.74, 6) is 2.19. The Hall–Kier alpha value is -4.05. The third-order valence-electron chi connectivity index (χ3n) is 19.5. The zero-order valence-corrected chi connectivity index (χ0v) is 68.0. The van der Waals surface area contributed by atoms with Crippen molar-refractivity contribution < 1.29 is 45.9 Å². The topological polar surface area (TPSA) is 58.9 Å². The molecule has 506 valence electrons. The molecule has 6 aromatic rings. The van der Waals surface area contributed by atoms with Crippen LogP contribution >= 0.6 is 0 Å². The molecule has 0 aromatic heterocycles. The predicted molar refractivity (Wildman–Crippen MR) is 404 cm³/mol. The SMILES string of the molecule is CCCCCCCCc1cc(-c2cc(C(C)(C)C)cc(C(C)(C)C)c2)c(O)c(-c2cc(C(C)(C)C)ccc2O[CH2][Ge]([CH2]Oc2ccc(C(C)(C)C)cc2-c2cc(CCCCCCCC)cc(-c3cc(C(C)(C)C)cc(C(C)(C)C)c3)c2O)([CH](C)C)[CH](C)C)c1.[CH3-].[CH3-].[Zr+2]. The fourth-order valence-electron chi connectivity index (χ4n) is 12.5. The number of unbranched alkanes of at least 4 members (excludes halogenated alkanes) is 10. The first-order valence-electron chi connectivity index (χ1n) is 34.9. The Bertz CT molecular complexity index is 3010. The third-order valence-corrected chi connectivity index (χ3v) is 32.0. The summed E-state index contributed by atoms with van der Waals surface area (Å²) >= 11 is -3.31. The number of aromatic hydroxyl groups is 2. The summed E-state index contributed by atoms with van der Waals surface area (Å²) in [6, 6.07) is 36.6. The van der Waals surface area contributed by atoms with E-state index in [1.54, 1.807) is 0 Å². The van der Waals surface area contributed by atoms with Crippen molar-refractivity contribution in [3.05, 3.63) is 156 Å². The van der Waals surface area contributed by atoms with E-state index in [-0.39, 0.29) is 73.5 Å². The number of hydrogen-bond donors (Lipinski definition) is 2. The Labute approximate surface area is 587 Å². The van der Waals surface area contributed by atoms with E-state index < -0.39 is 13.3 Å². The molecule has 0 radical (unpaired) electrons. The van der Waals surface area contributed by atoms with E-state index in [0.717, 1.165) is 81.7 Å². The zero-order valence-electron chi connectivity index (χ0n) is 63.4. The minimum atomic E-state index is -3.31. The number of ether oxygens (including phenoxy) is 2. The van der Waals surface area contributed by atoms with Crippen LogP contribution in [0.2, 0.25) is 9.50 Å². The summed E-state index contributed by atoms with van der Waals surface area (Å²) in [6.45, 7) is 55.3. The smallest absolute Gasteiger partial charge is 0.358 e. The fourth-order valence-corrected chi connectivity index (χ4v) is 20.1. The zero-order chi connectivity index (χ0) is 66.2. The molecular weight excluding hydrogens is 1260 g/mol. The summed E-state index contributed by atoms with van der Waals surface area (Å²) < 4.78 is 15.7. The van der Waals surface area contributed by atoms with Crippen LogP contribution in [0.25, 0.3) is 44.5 Å². The van der Waals surface area contributed by atoms with Crippen molar-refractivity contribution in [2.45, 2.75) is 298 Å². The maximum Gasteiger partial charge on any atom is 2.00 e. The molecule has 0 fully saturated rings. The predicted octanol–water partition coefficient (Wildman–Crippen LogP) is 26.1. The molecule has 0 saturated carbocycles. The summed E-state index contributed by atoms with van der Waals surface area (Å²) in [4.78, 5) is 0. The summed E-state index contributed by atoms with van der Waals surface area (Å²) in [7, 11) is 0. The molecule has 0 bridgehead atoms. The Morgan fingerprint density at radius 3 is 0.880 bits per heavy atom. The second kappa shape index (κ2) is 33.8. The second-order valence-electron chi connectivity index (χ2n) is 33.8. The van der Waals surface area contributed by atoms with Crippen LogP contribution in [0.3, 0.4) is 0 Å². The molecule has 6 heteroatoms. The Morgan fingerprint density at radius 2 is 0.609 bits per heavy atom. The van der Waals surface area contributed by atoms with Gasteiger partial charge in [-0.2, -0.15) is 0 Å². The third kappa shape index (κ3) is 21.5. The maximum absolute atomic E-state index is 13.1. The normalized spacial score (nSPS) is 12.6. The molecule has 0 amide bonds. The molecule has 6 rings (SSSR count). The number of phenols is 2. The van der Waals surface area contributed by atoms with Gasteiger partial charge in [0, 0.05) is 0 Å². The fraction of sp³-hybridized carbons (Fsp3) is 0.558. The van der Waals surface area contributed by atoms with Crippen LogP contribution in [-0.2, 0) is 71.5 Å². The molecule has 0 spiro atoms. The molecule has 0 heterocycles. The first-order valence-corrected chi connectivity index (χ1v) is 40.3. The minimum absolute atomic E-state index is 0. The van der Waals surface area contributed by atoms with E-state index in [1.165, 1.54) is 109 Å². The van der Waals surface area contributed by atoms with Crippen LogP contribution in [0.5, 0.6) is 23.0 Å². The van der Waals surface area contributed by atoms with Gasteiger partial charge >= 0.3 is 538 Å². The molecule has 0 atom stereocenters. The average molecular weight is 1390 g/mol. The van der Waals surface area contributed by atoms with Crippen molar-refractivity contribution in [2.75, 3.05) is 10.9 Å². The monoisotopic (exact) mass is 1390 g/mol. The first-order chi connectivity index (χ1) is 41.3. The van der Waals surface area contributed by atoms with Crippen molar-refractivity contribution in [3.8, 4) is 67.5 Å². The number of rotatable bonds is 26. The standard InChI is InChI=1S/C84H124GeO4.2CH3.Zr/c1-25-27-29-31-33-35-37-59-43-69(61-47-65(81(13,14)15)51-66(48-61)82(16,17)18)77(86)73(45-59)71-53-63(79(7,8)9)39-41-75(71)88-55-85(57(3)4,58(5)6)56-89-76-42-40-64(80(10,11)12)54-72(76)74-46-60(38-36-34-32-30-28-26-2)44-70(78(74)87)62-49-67(83(19,20)21)52-68(50-62)84(22,23)24;;;/h39-54,57-58,86-87H,25-38,55-56H2,1-24H3;2*1H3;/q;2*-1;+2. The van der Waals surface area contributed by atoms with E-state index in [9.17, 15) is 10.2 Å². The second-order valence-corrected chi connectivity index (χ2v) is 45.0. The van der Waals surface area contributed by atoms with Gasteiger partial charge in [-0.05, 0) is 0 Å². The molecule has 2 N–H and O–H groups in total. The van der Waals surface area contributed by atoms with Crippen LogP contribution in [-0.4, -0.2) is 34.4 Å². The van der Waals surface area contributed by atoms with Crippen molar-refractivity contribution in [1.82, 2.24) is 0 Å². The van der Waals surface area contributed by atoms with Crippen molar-refractivity contribution in [3.63, 3.8) is 0 Å². The van der Waals surface area contributed by atoms with Gasteiger partial charge < -0.3 is 14.9 Å². The van der Waals surface area contributed by atoms with Gasteiger partial charge in [0.25, 0.3) is 0 Å². The summed E-state index contributed by atoms with van der Waals surface area (Å²) in [6.07, 6.45) is 16.5. The van der Waals surface area contributed by atoms with Crippen LogP contribution in [0, 0.1) is 14.9 Å². The van der Waals surface area contributed by atoms with Gasteiger partial charge in [-0.15, -0.1) is 0 Å². The molecule has 0 saturated heterocycles. The average Bonchev–Trinajstić information content (AvgIpc) is 0.797. The largest absolute Gasteiger partial charge is 2.00 e. The molecule has 92 heavy (non-hydrogen) atoms. The van der Waals surface area contributed by atoms with Crippen LogP contribution in [0.15, 0.2) is 97.1 Å². The quantitative estimate of drug-likeness (QED) is 0.0323. The van der Waals surface area contributed by atoms with Gasteiger partial charge in [0.05, 0.1) is 0 Å². The van der Waals surface area contributed by atoms with Crippen LogP contribution in [0.1, 0.15) is 288 Å². The van der Waals surface area contributed by atoms with E-state index in [0.29, 0.717) is 31.9 Å². The van der Waals surface area contributed by atoms with E-state index in [1.807, 2.05) is 0 Å². The van der Waals surface area contributed by atoms with Gasteiger partial charge in [-0.25, -0.2) is 0 Å². The van der Waals surface area contributed by atoms with Gasteiger partial charge in [0.15, 0.2) is 0 Å². The van der Waals surface area contributed by atoms with Gasteiger partial charge in [-0.3, -0.25) is 0 Å². The number of benzene rings is 6. The van der Waals surface area contributed by atoms with Crippen molar-refractivity contribution in [2.24, 2.45) is 0 Å². The molecule has 0 aliphatic heterocycles. The molecular formula is C86H130GeO4Zr. The Kier molecular flexibility index (Phi) is 30.1. The summed E-state index contributed by atoms with van der Waals surface area (Å²) in [5, 5.41) is 26.2. The molecule has 0 aliphatic carbocycles. The molecule has 6 aromatic carbocycles. The van der Waals surface area contributed by atoms with Crippen molar-refractivity contribution >= 4 is 13.3 Å². The molecule has 0 unspecified atom stereocenters. The maximum atomic E-state index is 13.1.